The molecule has 2 aliphatic heterocycles. The summed E-state index contributed by atoms with van der Waals surface area (Å²) in [6.07, 6.45) is 1.22. The second-order valence-corrected chi connectivity index (χ2v) is 8.07. The molecular formula is C21H20Cl2N4O3. The van der Waals surface area contributed by atoms with E-state index in [0.29, 0.717) is 47.4 Å². The fraction of sp³-hybridized carbons (Fsp3) is 0.286. The lowest BCUT2D eigenvalue weighted by atomic mass is 10.0. The number of amides is 5. The van der Waals surface area contributed by atoms with Crippen molar-refractivity contribution in [2.75, 3.05) is 29.9 Å². The van der Waals surface area contributed by atoms with E-state index < -0.39 is 0 Å². The third-order valence-electron chi connectivity index (χ3n) is 5.37. The monoisotopic (exact) mass is 446 g/mol. The smallest absolute Gasteiger partial charge is 0.324 e. The topological polar surface area (TPSA) is 73.0 Å². The number of benzene rings is 2. The lowest BCUT2D eigenvalue weighted by molar-refractivity contribution is -0.116. The van der Waals surface area contributed by atoms with E-state index in [2.05, 4.69) is 5.32 Å². The molecule has 0 unspecified atom stereocenters. The molecule has 2 fully saturated rings. The van der Waals surface area contributed by atoms with Gasteiger partial charge in [0.15, 0.2) is 0 Å². The van der Waals surface area contributed by atoms with E-state index in [1.165, 1.54) is 4.90 Å². The number of halogens is 2. The third kappa shape index (κ3) is 4.08. The van der Waals surface area contributed by atoms with Gasteiger partial charge < -0.3 is 15.1 Å². The summed E-state index contributed by atoms with van der Waals surface area (Å²) in [5, 5.41) is 3.60. The molecule has 9 heteroatoms. The lowest BCUT2D eigenvalue weighted by Crippen LogP contribution is -2.49. The lowest BCUT2D eigenvalue weighted by Gasteiger charge is -2.36. The Kier molecular flexibility index (Phi) is 5.83. The third-order valence-corrected chi connectivity index (χ3v) is 6.11. The van der Waals surface area contributed by atoms with Crippen LogP contribution in [0.3, 0.4) is 0 Å². The van der Waals surface area contributed by atoms with Crippen LogP contribution in [0.1, 0.15) is 12.8 Å². The van der Waals surface area contributed by atoms with Crippen molar-refractivity contribution in [1.82, 2.24) is 9.80 Å². The summed E-state index contributed by atoms with van der Waals surface area (Å²) < 4.78 is 0. The van der Waals surface area contributed by atoms with Crippen LogP contribution in [0.4, 0.5) is 21.0 Å². The Morgan fingerprint density at radius 2 is 1.67 bits per heavy atom. The molecular weight excluding hydrogens is 427 g/mol. The molecule has 156 valence electrons. The molecule has 0 spiro atoms. The minimum atomic E-state index is -0.301. The van der Waals surface area contributed by atoms with Gasteiger partial charge in [0.05, 0.1) is 15.7 Å². The number of rotatable bonds is 3. The van der Waals surface area contributed by atoms with E-state index in [9.17, 15) is 14.4 Å². The van der Waals surface area contributed by atoms with E-state index in [1.54, 1.807) is 52.3 Å². The predicted octanol–water partition coefficient (Wildman–Crippen LogP) is 4.46. The van der Waals surface area contributed by atoms with Crippen LogP contribution in [0.15, 0.2) is 48.5 Å². The van der Waals surface area contributed by atoms with E-state index in [1.807, 2.05) is 6.07 Å². The molecule has 2 aromatic rings. The van der Waals surface area contributed by atoms with Crippen LogP contribution in [-0.4, -0.2) is 53.4 Å². The first-order valence-electron chi connectivity index (χ1n) is 9.63. The van der Waals surface area contributed by atoms with Crippen LogP contribution in [0, 0.1) is 0 Å². The highest BCUT2D eigenvalue weighted by Gasteiger charge is 2.41. The zero-order valence-corrected chi connectivity index (χ0v) is 17.6. The molecule has 0 bridgehead atoms. The van der Waals surface area contributed by atoms with Gasteiger partial charge in [-0.05, 0) is 43.2 Å². The number of nitrogens with one attached hydrogen (secondary N) is 1. The Balaban J connectivity index is 1.35. The van der Waals surface area contributed by atoms with E-state index in [0.717, 1.165) is 0 Å². The van der Waals surface area contributed by atoms with Gasteiger partial charge >= 0.3 is 12.1 Å². The number of para-hydroxylation sites is 1. The molecule has 0 radical (unpaired) electrons. The molecule has 30 heavy (non-hydrogen) atoms. The molecule has 0 aliphatic carbocycles. The van der Waals surface area contributed by atoms with Gasteiger partial charge in [0.2, 0.25) is 0 Å². The number of urea groups is 2. The Hall–Kier alpha value is -2.77. The zero-order chi connectivity index (χ0) is 21.3. The van der Waals surface area contributed by atoms with Crippen molar-refractivity contribution in [1.29, 1.82) is 0 Å². The first-order valence-corrected chi connectivity index (χ1v) is 10.4. The van der Waals surface area contributed by atoms with Gasteiger partial charge in [0, 0.05) is 24.8 Å². The van der Waals surface area contributed by atoms with Gasteiger partial charge in [-0.25, -0.2) is 14.5 Å². The number of hydrogen-bond acceptors (Lipinski definition) is 3. The fourth-order valence-electron chi connectivity index (χ4n) is 3.79. The average molecular weight is 447 g/mol. The first-order chi connectivity index (χ1) is 14.4. The summed E-state index contributed by atoms with van der Waals surface area (Å²) >= 11 is 11.9. The summed E-state index contributed by atoms with van der Waals surface area (Å²) in [6.45, 7) is 1.04. The molecule has 2 saturated heterocycles. The van der Waals surface area contributed by atoms with Crippen molar-refractivity contribution in [2.24, 2.45) is 0 Å². The normalized spacial score (nSPS) is 17.6. The molecule has 2 heterocycles. The van der Waals surface area contributed by atoms with Crippen molar-refractivity contribution in [3.63, 3.8) is 0 Å². The van der Waals surface area contributed by atoms with E-state index in [-0.39, 0.29) is 30.6 Å². The van der Waals surface area contributed by atoms with Crippen LogP contribution >= 0.6 is 23.2 Å². The number of carbonyl (C=O) groups is 3. The van der Waals surface area contributed by atoms with Crippen molar-refractivity contribution in [3.8, 4) is 0 Å². The Labute approximate surface area is 184 Å². The van der Waals surface area contributed by atoms with Crippen molar-refractivity contribution >= 4 is 52.5 Å². The van der Waals surface area contributed by atoms with Gasteiger partial charge in [-0.15, -0.1) is 0 Å². The number of hydrogen-bond donors (Lipinski definition) is 1. The average Bonchev–Trinajstić information content (AvgIpc) is 3.05. The van der Waals surface area contributed by atoms with Gasteiger partial charge in [-0.2, -0.15) is 0 Å². The summed E-state index contributed by atoms with van der Waals surface area (Å²) in [6, 6.07) is 13.2. The maximum Gasteiger partial charge on any atom is 0.332 e. The summed E-state index contributed by atoms with van der Waals surface area (Å²) in [7, 11) is 0. The minimum absolute atomic E-state index is 0.0634. The summed E-state index contributed by atoms with van der Waals surface area (Å²) in [4.78, 5) is 42.4. The summed E-state index contributed by atoms with van der Waals surface area (Å²) in [5.74, 6) is -0.231. The maximum absolute atomic E-state index is 12.8. The van der Waals surface area contributed by atoms with Crippen LogP contribution in [0.2, 0.25) is 10.0 Å². The number of imide groups is 1. The molecule has 7 nitrogen and oxygen atoms in total. The highest BCUT2D eigenvalue weighted by molar-refractivity contribution is 6.42. The predicted molar refractivity (Wildman–Crippen MR) is 116 cm³/mol. The molecule has 0 aromatic heterocycles. The van der Waals surface area contributed by atoms with Gasteiger partial charge in [-0.1, -0.05) is 41.4 Å². The second-order valence-electron chi connectivity index (χ2n) is 7.25. The zero-order valence-electron chi connectivity index (χ0n) is 16.1. The largest absolute Gasteiger partial charge is 0.332 e. The van der Waals surface area contributed by atoms with Crippen molar-refractivity contribution < 1.29 is 14.4 Å². The van der Waals surface area contributed by atoms with Gasteiger partial charge in [0.25, 0.3) is 5.91 Å². The van der Waals surface area contributed by atoms with Crippen LogP contribution < -0.4 is 10.2 Å². The van der Waals surface area contributed by atoms with Crippen molar-refractivity contribution in [3.05, 3.63) is 58.6 Å². The Bertz CT molecular complexity index is 977. The van der Waals surface area contributed by atoms with Gasteiger partial charge in [0.1, 0.15) is 6.54 Å². The molecule has 5 amide bonds. The number of carbonyl (C=O) groups excluding carboxylic acids is 3. The van der Waals surface area contributed by atoms with Crippen molar-refractivity contribution in [2.45, 2.75) is 18.9 Å². The highest BCUT2D eigenvalue weighted by Crippen LogP contribution is 2.27. The maximum atomic E-state index is 12.8. The standard InChI is InChI=1S/C21H20Cl2N4O3/c22-17-7-6-14(12-18(17)23)24-20(29)25-10-8-15(9-11-25)26-13-19(28)27(21(26)30)16-4-2-1-3-5-16/h1-7,12,15H,8-11,13H2,(H,24,29). The number of anilines is 2. The van der Waals surface area contributed by atoms with Crippen LogP contribution in [0.25, 0.3) is 0 Å². The Morgan fingerprint density at radius 3 is 2.33 bits per heavy atom. The fourth-order valence-corrected chi connectivity index (χ4v) is 4.09. The number of piperidine rings is 1. The molecule has 2 aliphatic rings. The summed E-state index contributed by atoms with van der Waals surface area (Å²) in [5.41, 5.74) is 1.14. The quantitative estimate of drug-likeness (QED) is 0.707. The molecule has 2 aromatic carbocycles. The molecule has 4 rings (SSSR count). The second kappa shape index (κ2) is 8.53. The van der Waals surface area contributed by atoms with Crippen LogP contribution in [0.5, 0.6) is 0 Å². The van der Waals surface area contributed by atoms with Crippen LogP contribution in [-0.2, 0) is 4.79 Å². The minimum Gasteiger partial charge on any atom is -0.324 e. The SMILES string of the molecule is O=C(Nc1ccc(Cl)c(Cl)c1)N1CCC(N2CC(=O)N(c3ccccc3)C2=O)CC1. The van der Waals surface area contributed by atoms with E-state index in [4.69, 9.17) is 23.2 Å². The molecule has 0 atom stereocenters. The van der Waals surface area contributed by atoms with E-state index >= 15 is 0 Å². The highest BCUT2D eigenvalue weighted by atomic mass is 35.5. The van der Waals surface area contributed by atoms with Gasteiger partial charge in [-0.3, -0.25) is 4.79 Å². The Morgan fingerprint density at radius 1 is 0.967 bits per heavy atom. The molecule has 0 saturated carbocycles. The number of likely N-dealkylation sites (tertiary alicyclic amines) is 1. The first kappa shape index (κ1) is 20.5. The number of nitrogens with zero attached hydrogens (tertiary/aromatic N) is 3. The molecule has 1 N–H and O–H groups in total.